The van der Waals surface area contributed by atoms with Gasteiger partial charge in [0.15, 0.2) is 0 Å². The van der Waals surface area contributed by atoms with Gasteiger partial charge >= 0.3 is 5.97 Å². The number of carboxylic acid groups (broad SMARTS) is 1. The normalized spacial score (nSPS) is 19.6. The lowest BCUT2D eigenvalue weighted by Gasteiger charge is -2.35. The van der Waals surface area contributed by atoms with Crippen LogP contribution >= 0.6 is 0 Å². The van der Waals surface area contributed by atoms with Gasteiger partial charge in [0.2, 0.25) is 0 Å². The van der Waals surface area contributed by atoms with Gasteiger partial charge in [0.25, 0.3) is 0 Å². The van der Waals surface area contributed by atoms with Gasteiger partial charge in [0.05, 0.1) is 0 Å². The zero-order chi connectivity index (χ0) is 13.6. The number of unbranched alkanes of at least 4 members (excludes halogenated alkanes) is 1. The molecule has 0 aromatic rings. The summed E-state index contributed by atoms with van der Waals surface area (Å²) in [6, 6.07) is 0.782. The number of aliphatic carboxylic acids is 1. The van der Waals surface area contributed by atoms with Crippen molar-refractivity contribution in [1.29, 1.82) is 0 Å². The van der Waals surface area contributed by atoms with Crippen molar-refractivity contribution in [1.82, 2.24) is 10.2 Å². The summed E-state index contributed by atoms with van der Waals surface area (Å²) in [7, 11) is 2.19. The highest BCUT2D eigenvalue weighted by Gasteiger charge is 2.31. The van der Waals surface area contributed by atoms with Crippen molar-refractivity contribution in [3.05, 3.63) is 0 Å². The van der Waals surface area contributed by atoms with Crippen molar-refractivity contribution in [3.8, 4) is 0 Å². The molecule has 0 aromatic carbocycles. The summed E-state index contributed by atoms with van der Waals surface area (Å²) in [6.45, 7) is 5.53. The molecule has 1 saturated carbocycles. The van der Waals surface area contributed by atoms with Crippen molar-refractivity contribution in [2.75, 3.05) is 20.1 Å². The standard InChI is InChI=1S/C14H28N2O2/c1-4-15-14(2,13(17)18)10-5-6-11-16(3)12-8-7-9-12/h12,15H,4-11H2,1-3H3,(H,17,18). The van der Waals surface area contributed by atoms with E-state index in [2.05, 4.69) is 17.3 Å². The second-order valence-electron chi connectivity index (χ2n) is 5.69. The number of rotatable bonds is 9. The second-order valence-corrected chi connectivity index (χ2v) is 5.69. The lowest BCUT2D eigenvalue weighted by Crippen LogP contribution is -2.49. The minimum Gasteiger partial charge on any atom is -0.480 e. The molecule has 106 valence electrons. The highest BCUT2D eigenvalue weighted by Crippen LogP contribution is 2.24. The van der Waals surface area contributed by atoms with Gasteiger partial charge in [-0.3, -0.25) is 4.79 Å². The molecule has 1 fully saturated rings. The van der Waals surface area contributed by atoms with Crippen LogP contribution in [0.3, 0.4) is 0 Å². The fraction of sp³-hybridized carbons (Fsp3) is 0.929. The van der Waals surface area contributed by atoms with Crippen LogP contribution in [0.1, 0.15) is 52.4 Å². The molecule has 0 aliphatic heterocycles. The van der Waals surface area contributed by atoms with Gasteiger partial charge in [-0.15, -0.1) is 0 Å². The molecular formula is C14H28N2O2. The fourth-order valence-electron chi connectivity index (χ4n) is 2.51. The predicted octanol–water partition coefficient (Wildman–Crippen LogP) is 2.09. The summed E-state index contributed by atoms with van der Waals surface area (Å²) in [5, 5.41) is 12.3. The van der Waals surface area contributed by atoms with Crippen LogP contribution in [0, 0.1) is 0 Å². The maximum absolute atomic E-state index is 11.2. The molecule has 1 aliphatic rings. The first-order valence-corrected chi connectivity index (χ1v) is 7.18. The SMILES string of the molecule is CCNC(C)(CCCCN(C)C1CCC1)C(=O)O. The summed E-state index contributed by atoms with van der Waals surface area (Å²) >= 11 is 0. The van der Waals surface area contributed by atoms with Crippen molar-refractivity contribution in [3.63, 3.8) is 0 Å². The van der Waals surface area contributed by atoms with Crippen molar-refractivity contribution in [2.45, 2.75) is 64.0 Å². The van der Waals surface area contributed by atoms with Crippen LogP contribution in [0.4, 0.5) is 0 Å². The number of hydrogen-bond acceptors (Lipinski definition) is 3. The quantitative estimate of drug-likeness (QED) is 0.620. The molecule has 0 radical (unpaired) electrons. The first kappa shape index (κ1) is 15.4. The average Bonchev–Trinajstić information content (AvgIpc) is 2.22. The van der Waals surface area contributed by atoms with Gasteiger partial charge in [-0.25, -0.2) is 0 Å². The van der Waals surface area contributed by atoms with E-state index in [9.17, 15) is 9.90 Å². The smallest absolute Gasteiger partial charge is 0.323 e. The molecule has 1 unspecified atom stereocenters. The predicted molar refractivity (Wildman–Crippen MR) is 73.8 cm³/mol. The Hall–Kier alpha value is -0.610. The maximum Gasteiger partial charge on any atom is 0.323 e. The van der Waals surface area contributed by atoms with Gasteiger partial charge in [-0.1, -0.05) is 13.3 Å². The Morgan fingerprint density at radius 1 is 1.44 bits per heavy atom. The zero-order valence-electron chi connectivity index (χ0n) is 12.0. The van der Waals surface area contributed by atoms with Crippen LogP contribution in [0.15, 0.2) is 0 Å². The van der Waals surface area contributed by atoms with E-state index >= 15 is 0 Å². The van der Waals surface area contributed by atoms with Crippen LogP contribution in [-0.4, -0.2) is 47.7 Å². The van der Waals surface area contributed by atoms with E-state index < -0.39 is 11.5 Å². The highest BCUT2D eigenvalue weighted by molar-refractivity contribution is 5.78. The molecule has 4 nitrogen and oxygen atoms in total. The molecule has 4 heteroatoms. The van der Waals surface area contributed by atoms with Crippen molar-refractivity contribution >= 4 is 5.97 Å². The molecule has 0 aromatic heterocycles. The zero-order valence-corrected chi connectivity index (χ0v) is 12.0. The van der Waals surface area contributed by atoms with Gasteiger partial charge < -0.3 is 15.3 Å². The van der Waals surface area contributed by atoms with Gasteiger partial charge in [0, 0.05) is 6.04 Å². The third-order valence-electron chi connectivity index (χ3n) is 4.17. The number of nitrogens with one attached hydrogen (secondary N) is 1. The lowest BCUT2D eigenvalue weighted by atomic mass is 9.91. The molecule has 18 heavy (non-hydrogen) atoms. The third kappa shape index (κ3) is 4.25. The summed E-state index contributed by atoms with van der Waals surface area (Å²) in [5.74, 6) is -0.739. The van der Waals surface area contributed by atoms with Gasteiger partial charge in [-0.05, 0) is 59.2 Å². The number of carbonyl (C=O) groups is 1. The second kappa shape index (κ2) is 7.10. The number of likely N-dealkylation sites (N-methyl/N-ethyl adjacent to an activating group) is 1. The van der Waals surface area contributed by atoms with Crippen LogP contribution in [0.5, 0.6) is 0 Å². The molecular weight excluding hydrogens is 228 g/mol. The topological polar surface area (TPSA) is 52.6 Å². The monoisotopic (exact) mass is 256 g/mol. The van der Waals surface area contributed by atoms with E-state index in [0.29, 0.717) is 13.0 Å². The molecule has 0 spiro atoms. The molecule has 1 aliphatic carbocycles. The Bertz CT molecular complexity index is 267. The first-order valence-electron chi connectivity index (χ1n) is 7.18. The van der Waals surface area contributed by atoms with E-state index in [4.69, 9.17) is 0 Å². The summed E-state index contributed by atoms with van der Waals surface area (Å²) < 4.78 is 0. The summed E-state index contributed by atoms with van der Waals surface area (Å²) in [6.07, 6.45) is 6.79. The van der Waals surface area contributed by atoms with Gasteiger partial charge in [0.1, 0.15) is 5.54 Å². The molecule has 0 amide bonds. The van der Waals surface area contributed by atoms with E-state index in [1.54, 1.807) is 6.92 Å². The molecule has 2 N–H and O–H groups in total. The van der Waals surface area contributed by atoms with Gasteiger partial charge in [-0.2, -0.15) is 0 Å². The third-order valence-corrected chi connectivity index (χ3v) is 4.17. The summed E-state index contributed by atoms with van der Waals surface area (Å²) in [4.78, 5) is 13.7. The average molecular weight is 256 g/mol. The molecule has 1 atom stereocenters. The molecule has 0 heterocycles. The fourth-order valence-corrected chi connectivity index (χ4v) is 2.51. The Balaban J connectivity index is 2.20. The van der Waals surface area contributed by atoms with E-state index in [0.717, 1.165) is 25.4 Å². The van der Waals surface area contributed by atoms with Crippen molar-refractivity contribution in [2.24, 2.45) is 0 Å². The highest BCUT2D eigenvalue weighted by atomic mass is 16.4. The minimum atomic E-state index is -0.760. The van der Waals surface area contributed by atoms with E-state index in [1.807, 2.05) is 6.92 Å². The molecule has 0 bridgehead atoms. The van der Waals surface area contributed by atoms with Crippen molar-refractivity contribution < 1.29 is 9.90 Å². The minimum absolute atomic E-state index is 0.699. The van der Waals surface area contributed by atoms with E-state index in [1.165, 1.54) is 19.3 Å². The maximum atomic E-state index is 11.2. The number of nitrogens with zero attached hydrogens (tertiary/aromatic N) is 1. The molecule has 1 rings (SSSR count). The Labute approximate surface area is 111 Å². The van der Waals surface area contributed by atoms with Crippen LogP contribution in [-0.2, 0) is 4.79 Å². The Kier molecular flexibility index (Phi) is 6.09. The first-order chi connectivity index (χ1) is 8.49. The van der Waals surface area contributed by atoms with E-state index in [-0.39, 0.29) is 0 Å². The summed E-state index contributed by atoms with van der Waals surface area (Å²) in [5.41, 5.74) is -0.760. The Morgan fingerprint density at radius 2 is 2.11 bits per heavy atom. The lowest BCUT2D eigenvalue weighted by molar-refractivity contribution is -0.144. The molecule has 0 saturated heterocycles. The van der Waals surface area contributed by atoms with Crippen LogP contribution < -0.4 is 5.32 Å². The number of hydrogen-bond donors (Lipinski definition) is 2. The largest absolute Gasteiger partial charge is 0.480 e. The Morgan fingerprint density at radius 3 is 2.56 bits per heavy atom. The number of carboxylic acids is 1. The van der Waals surface area contributed by atoms with Crippen LogP contribution in [0.2, 0.25) is 0 Å². The van der Waals surface area contributed by atoms with Crippen LogP contribution in [0.25, 0.3) is 0 Å².